The smallest absolute Gasteiger partial charge is 0.132 e. The van der Waals surface area contributed by atoms with Gasteiger partial charge in [-0.2, -0.15) is 0 Å². The largest absolute Gasteiger partial charge is 0.395 e. The zero-order chi connectivity index (χ0) is 15.5. The lowest BCUT2D eigenvalue weighted by Crippen LogP contribution is -2.44. The molecule has 2 aliphatic rings. The minimum absolute atomic E-state index is 0. The predicted octanol–water partition coefficient (Wildman–Crippen LogP) is 1.42. The Morgan fingerprint density at radius 1 is 1.25 bits per heavy atom. The number of likely N-dealkylation sites (N-methyl/N-ethyl adjacent to an activating group) is 1. The van der Waals surface area contributed by atoms with E-state index in [0.717, 1.165) is 56.8 Å². The molecule has 1 saturated carbocycles. The fraction of sp³-hybridized carbons (Fsp3) is 0.750. The maximum Gasteiger partial charge on any atom is 0.132 e. The van der Waals surface area contributed by atoms with E-state index in [-0.39, 0.29) is 31.4 Å². The molecule has 0 amide bonds. The lowest BCUT2D eigenvalue weighted by molar-refractivity contribution is 0.161. The van der Waals surface area contributed by atoms with E-state index in [0.29, 0.717) is 18.0 Å². The number of hydrogen-bond acceptors (Lipinski definition) is 6. The summed E-state index contributed by atoms with van der Waals surface area (Å²) in [5.41, 5.74) is 7.02. The molecular formula is C16H29Cl2N5O. The van der Waals surface area contributed by atoms with Gasteiger partial charge in [0.15, 0.2) is 0 Å². The van der Waals surface area contributed by atoms with Crippen LogP contribution in [0.25, 0.3) is 0 Å². The second kappa shape index (κ2) is 9.73. The van der Waals surface area contributed by atoms with E-state index < -0.39 is 0 Å². The van der Waals surface area contributed by atoms with Crippen molar-refractivity contribution in [2.45, 2.75) is 43.7 Å². The van der Waals surface area contributed by atoms with Gasteiger partial charge >= 0.3 is 0 Å². The first-order valence-electron chi connectivity index (χ1n) is 8.31. The molecule has 2 fully saturated rings. The van der Waals surface area contributed by atoms with Crippen LogP contribution in [-0.4, -0.2) is 65.3 Å². The number of aliphatic hydroxyl groups excluding tert-OH is 1. The van der Waals surface area contributed by atoms with Gasteiger partial charge in [0.05, 0.1) is 6.61 Å². The topological polar surface area (TPSA) is 78.5 Å². The van der Waals surface area contributed by atoms with Crippen LogP contribution in [0.5, 0.6) is 0 Å². The van der Waals surface area contributed by atoms with Gasteiger partial charge in [-0.3, -0.25) is 0 Å². The van der Waals surface area contributed by atoms with Crippen LogP contribution in [-0.2, 0) is 0 Å². The Hall–Kier alpha value is -0.660. The molecule has 0 atom stereocenters. The molecule has 8 heteroatoms. The van der Waals surface area contributed by atoms with Crippen molar-refractivity contribution in [1.29, 1.82) is 0 Å². The average molecular weight is 378 g/mol. The Labute approximate surface area is 156 Å². The molecule has 0 spiro atoms. The number of rotatable bonds is 5. The van der Waals surface area contributed by atoms with Gasteiger partial charge in [-0.15, -0.1) is 24.8 Å². The third-order valence-corrected chi connectivity index (χ3v) is 5.13. The molecule has 1 aromatic rings. The molecule has 1 saturated heterocycles. The van der Waals surface area contributed by atoms with E-state index in [1.165, 1.54) is 0 Å². The minimum atomic E-state index is 0. The first-order valence-corrected chi connectivity index (χ1v) is 8.31. The highest BCUT2D eigenvalue weighted by Gasteiger charge is 2.29. The molecule has 2 heterocycles. The van der Waals surface area contributed by atoms with Crippen molar-refractivity contribution in [3.8, 4) is 0 Å². The second-order valence-corrected chi connectivity index (χ2v) is 6.65. The summed E-state index contributed by atoms with van der Waals surface area (Å²) in [6.45, 7) is 3.02. The second-order valence-electron chi connectivity index (χ2n) is 6.65. The zero-order valence-electron chi connectivity index (χ0n) is 14.2. The molecule has 24 heavy (non-hydrogen) atoms. The zero-order valence-corrected chi connectivity index (χ0v) is 15.8. The van der Waals surface area contributed by atoms with Crippen molar-refractivity contribution < 1.29 is 5.11 Å². The first-order chi connectivity index (χ1) is 10.7. The molecule has 1 aliphatic heterocycles. The monoisotopic (exact) mass is 377 g/mol. The van der Waals surface area contributed by atoms with E-state index >= 15 is 0 Å². The van der Waals surface area contributed by atoms with Gasteiger partial charge in [-0.25, -0.2) is 9.97 Å². The summed E-state index contributed by atoms with van der Waals surface area (Å²) in [6.07, 6.45) is 6.02. The van der Waals surface area contributed by atoms with Crippen LogP contribution in [0.15, 0.2) is 12.4 Å². The van der Waals surface area contributed by atoms with Gasteiger partial charge in [-0.1, -0.05) is 0 Å². The van der Waals surface area contributed by atoms with E-state index in [2.05, 4.69) is 32.9 Å². The van der Waals surface area contributed by atoms with Gasteiger partial charge < -0.3 is 20.6 Å². The quantitative estimate of drug-likeness (QED) is 0.807. The number of nitrogens with two attached hydrogens (primary N) is 1. The normalized spacial score (nSPS) is 24.1. The lowest BCUT2D eigenvalue weighted by Gasteiger charge is -2.37. The highest BCUT2D eigenvalue weighted by Crippen LogP contribution is 2.35. The third-order valence-electron chi connectivity index (χ3n) is 5.13. The summed E-state index contributed by atoms with van der Waals surface area (Å²) >= 11 is 0. The average Bonchev–Trinajstić information content (AvgIpc) is 2.52. The van der Waals surface area contributed by atoms with Crippen molar-refractivity contribution in [3.05, 3.63) is 18.1 Å². The summed E-state index contributed by atoms with van der Waals surface area (Å²) in [7, 11) is 2.10. The summed E-state index contributed by atoms with van der Waals surface area (Å²) in [4.78, 5) is 13.5. The molecule has 3 N–H and O–H groups in total. The standard InChI is InChI=1S/C16H27N5O.2ClH/c1-20(6-7-22)14-2-4-21(5-3-14)16-10-15(18-11-19-16)12-8-13(17)9-12;;/h10-14,22H,2-9,17H2,1H3;2*1H. The number of aromatic nitrogens is 2. The van der Waals surface area contributed by atoms with E-state index in [1.54, 1.807) is 6.33 Å². The summed E-state index contributed by atoms with van der Waals surface area (Å²) in [5, 5.41) is 9.05. The third kappa shape index (κ3) is 4.92. The molecule has 0 bridgehead atoms. The van der Waals surface area contributed by atoms with Crippen molar-refractivity contribution in [1.82, 2.24) is 14.9 Å². The Balaban J connectivity index is 0.00000144. The number of piperidine rings is 1. The van der Waals surface area contributed by atoms with Crippen LogP contribution in [0.1, 0.15) is 37.3 Å². The van der Waals surface area contributed by atoms with E-state index in [4.69, 9.17) is 10.8 Å². The van der Waals surface area contributed by atoms with Gasteiger partial charge in [0.1, 0.15) is 12.1 Å². The van der Waals surface area contributed by atoms with Gasteiger partial charge in [0, 0.05) is 49.4 Å². The Kier molecular flexibility index (Phi) is 8.67. The highest BCUT2D eigenvalue weighted by atomic mass is 35.5. The van der Waals surface area contributed by atoms with Crippen LogP contribution >= 0.6 is 24.8 Å². The molecule has 3 rings (SSSR count). The SMILES string of the molecule is CN(CCO)C1CCN(c2cc(C3CC(N)C3)ncn2)CC1.Cl.Cl. The van der Waals surface area contributed by atoms with Crippen LogP contribution in [0.4, 0.5) is 5.82 Å². The number of anilines is 1. The number of halogens is 2. The molecule has 6 nitrogen and oxygen atoms in total. The van der Waals surface area contributed by atoms with E-state index in [1.807, 2.05) is 0 Å². The van der Waals surface area contributed by atoms with Crippen molar-refractivity contribution in [2.75, 3.05) is 38.2 Å². The van der Waals surface area contributed by atoms with Gasteiger partial charge in [-0.05, 0) is 32.7 Å². The molecule has 1 aliphatic carbocycles. The maximum absolute atomic E-state index is 9.05. The Morgan fingerprint density at radius 2 is 1.92 bits per heavy atom. The van der Waals surface area contributed by atoms with Crippen molar-refractivity contribution >= 4 is 30.6 Å². The number of aliphatic hydroxyl groups is 1. The van der Waals surface area contributed by atoms with Crippen LogP contribution in [0.3, 0.4) is 0 Å². The molecule has 0 unspecified atom stereocenters. The predicted molar refractivity (Wildman–Crippen MR) is 101 cm³/mol. The summed E-state index contributed by atoms with van der Waals surface area (Å²) in [6, 6.07) is 3.06. The Bertz CT molecular complexity index is 493. The van der Waals surface area contributed by atoms with Crippen LogP contribution in [0, 0.1) is 0 Å². The Morgan fingerprint density at radius 3 is 2.50 bits per heavy atom. The highest BCUT2D eigenvalue weighted by molar-refractivity contribution is 5.85. The summed E-state index contributed by atoms with van der Waals surface area (Å²) < 4.78 is 0. The number of hydrogen-bond donors (Lipinski definition) is 2. The van der Waals surface area contributed by atoms with Gasteiger partial charge in [0.2, 0.25) is 0 Å². The maximum atomic E-state index is 9.05. The van der Waals surface area contributed by atoms with Crippen LogP contribution in [0.2, 0.25) is 0 Å². The minimum Gasteiger partial charge on any atom is -0.395 e. The number of nitrogens with zero attached hydrogens (tertiary/aromatic N) is 4. The molecule has 0 aromatic carbocycles. The fourth-order valence-electron chi connectivity index (χ4n) is 3.54. The van der Waals surface area contributed by atoms with Crippen molar-refractivity contribution in [3.63, 3.8) is 0 Å². The molecule has 1 aromatic heterocycles. The molecule has 0 radical (unpaired) electrons. The van der Waals surface area contributed by atoms with Crippen molar-refractivity contribution in [2.24, 2.45) is 5.73 Å². The molecular weight excluding hydrogens is 349 g/mol. The van der Waals surface area contributed by atoms with Crippen LogP contribution < -0.4 is 10.6 Å². The first kappa shape index (κ1) is 21.4. The van der Waals surface area contributed by atoms with Gasteiger partial charge in [0.25, 0.3) is 0 Å². The fourth-order valence-corrected chi connectivity index (χ4v) is 3.54. The molecule has 138 valence electrons. The summed E-state index contributed by atoms with van der Waals surface area (Å²) in [5.74, 6) is 1.57. The van der Waals surface area contributed by atoms with E-state index in [9.17, 15) is 0 Å². The lowest BCUT2D eigenvalue weighted by atomic mass is 9.78.